The van der Waals surface area contributed by atoms with Gasteiger partial charge in [0.25, 0.3) is 5.54 Å². The fourth-order valence-corrected chi connectivity index (χ4v) is 7.27. The lowest BCUT2D eigenvalue weighted by Gasteiger charge is -2.36. The van der Waals surface area contributed by atoms with Crippen LogP contribution in [0.1, 0.15) is 87.2 Å². The second kappa shape index (κ2) is 15.2. The molecule has 0 radical (unpaired) electrons. The Labute approximate surface area is 291 Å². The van der Waals surface area contributed by atoms with Crippen LogP contribution in [0.4, 0.5) is 14.5 Å². The molecule has 0 bridgehead atoms. The van der Waals surface area contributed by atoms with Gasteiger partial charge >= 0.3 is 5.97 Å². The number of methoxy groups -OCH3 is 1. The number of carbonyl (C=O) groups excluding carboxylic acids is 1. The number of carboxylic acid groups (broad SMARTS) is 1. The van der Waals surface area contributed by atoms with Gasteiger partial charge in [0.15, 0.2) is 0 Å². The Morgan fingerprint density at radius 3 is 2.42 bits per heavy atom. The van der Waals surface area contributed by atoms with Gasteiger partial charge in [-0.05, 0) is 67.3 Å². The smallest absolute Gasteiger partial charge is 0.335 e. The van der Waals surface area contributed by atoms with Gasteiger partial charge in [0.1, 0.15) is 23.4 Å². The van der Waals surface area contributed by atoms with Crippen molar-refractivity contribution in [3.63, 3.8) is 0 Å². The van der Waals surface area contributed by atoms with Crippen LogP contribution in [0, 0.1) is 23.6 Å². The molecule has 0 unspecified atom stereocenters. The molecule has 0 aliphatic carbocycles. The average molecular weight is 701 g/mol. The number of carbonyl (C=O) groups is 2. The number of hydrogen-bond acceptors (Lipinski definition) is 4. The Kier molecular flexibility index (Phi) is 11.8. The van der Waals surface area contributed by atoms with E-state index in [1.165, 1.54) is 49.6 Å². The van der Waals surface area contributed by atoms with Gasteiger partial charge < -0.3 is 20.0 Å². The lowest BCUT2D eigenvalue weighted by atomic mass is 9.68. The van der Waals surface area contributed by atoms with E-state index in [-0.39, 0.29) is 38.2 Å². The third kappa shape index (κ3) is 7.46. The van der Waals surface area contributed by atoms with Crippen LogP contribution < -0.4 is 10.1 Å². The van der Waals surface area contributed by atoms with Crippen molar-refractivity contribution in [3.05, 3.63) is 104 Å². The van der Waals surface area contributed by atoms with Gasteiger partial charge in [-0.3, -0.25) is 9.69 Å². The van der Waals surface area contributed by atoms with E-state index in [0.717, 1.165) is 25.3 Å². The highest BCUT2D eigenvalue weighted by molar-refractivity contribution is 6.31. The van der Waals surface area contributed by atoms with Crippen molar-refractivity contribution < 1.29 is 28.2 Å². The summed E-state index contributed by atoms with van der Waals surface area (Å²) in [6.07, 6.45) is 3.82. The molecule has 0 saturated carbocycles. The number of aromatic carboxylic acids is 1. The van der Waals surface area contributed by atoms with Crippen LogP contribution in [-0.4, -0.2) is 47.6 Å². The molecule has 1 aliphatic heterocycles. The Balaban J connectivity index is 2.05. The Morgan fingerprint density at radius 1 is 1.08 bits per heavy atom. The number of nitrogens with zero attached hydrogens (tertiary/aromatic N) is 2. The second-order valence-corrected chi connectivity index (χ2v) is 14.3. The molecule has 1 saturated heterocycles. The predicted molar refractivity (Wildman–Crippen MR) is 185 cm³/mol. The standard InChI is InChI=1S/C37H41Cl2F2N3O4/c1-7-8-9-10-18-44-30(21-36(2,3)4)37(42-5,25-16-15-23(38)20-27(25)40)31(24-12-11-13-26(39)32(24)41)33(44)34(45)43-28-17-14-22(35(46)47)19-29(28)48-6/h11-17,19-20,30-31,33H,7-10,18,21H2,1-4,6H3,(H,43,45)(H,46,47)/t30-,31-,33+,37+/m0/s1. The summed E-state index contributed by atoms with van der Waals surface area (Å²) in [6, 6.07) is 10.7. The number of unbranched alkanes of at least 4 members (excludes halogenated alkanes) is 3. The highest BCUT2D eigenvalue weighted by Gasteiger charge is 2.69. The number of halogens is 4. The van der Waals surface area contributed by atoms with Crippen LogP contribution in [0.5, 0.6) is 5.75 Å². The van der Waals surface area contributed by atoms with Crippen molar-refractivity contribution in [1.29, 1.82) is 0 Å². The number of anilines is 1. The Hall–Kier alpha value is -3.71. The molecule has 256 valence electrons. The van der Waals surface area contributed by atoms with Crippen LogP contribution in [0.15, 0.2) is 54.6 Å². The number of ether oxygens (including phenoxy) is 1. The van der Waals surface area contributed by atoms with Crippen molar-refractivity contribution in [2.45, 2.75) is 83.3 Å². The van der Waals surface area contributed by atoms with Crippen LogP contribution in [-0.2, 0) is 10.3 Å². The van der Waals surface area contributed by atoms with Crippen molar-refractivity contribution in [2.24, 2.45) is 5.41 Å². The van der Waals surface area contributed by atoms with E-state index in [2.05, 4.69) is 17.1 Å². The molecular formula is C37H41Cl2F2N3O4. The molecule has 3 aromatic carbocycles. The molecule has 4 atom stereocenters. The first-order chi connectivity index (χ1) is 22.7. The predicted octanol–water partition coefficient (Wildman–Crippen LogP) is 9.58. The third-order valence-electron chi connectivity index (χ3n) is 8.97. The molecular weight excluding hydrogens is 659 g/mol. The summed E-state index contributed by atoms with van der Waals surface area (Å²) >= 11 is 12.5. The summed E-state index contributed by atoms with van der Waals surface area (Å²) in [5.41, 5.74) is -2.03. The maximum absolute atomic E-state index is 16.3. The van der Waals surface area contributed by atoms with Gasteiger partial charge in [0.2, 0.25) is 5.91 Å². The molecule has 1 aliphatic rings. The number of rotatable bonds is 12. The Bertz CT molecular complexity index is 1710. The van der Waals surface area contributed by atoms with Crippen molar-refractivity contribution >= 4 is 40.8 Å². The van der Waals surface area contributed by atoms with Crippen LogP contribution in [0.3, 0.4) is 0 Å². The molecule has 0 aromatic heterocycles. The minimum absolute atomic E-state index is 0.0103. The first kappa shape index (κ1) is 37.1. The lowest BCUT2D eigenvalue weighted by molar-refractivity contribution is -0.121. The van der Waals surface area contributed by atoms with Crippen LogP contribution >= 0.6 is 23.2 Å². The summed E-state index contributed by atoms with van der Waals surface area (Å²) in [4.78, 5) is 32.6. The normalized spacial score (nSPS) is 21.1. The minimum Gasteiger partial charge on any atom is -0.495 e. The summed E-state index contributed by atoms with van der Waals surface area (Å²) in [7, 11) is 1.35. The lowest BCUT2D eigenvalue weighted by Crippen LogP contribution is -2.47. The molecule has 1 heterocycles. The molecule has 2 N–H and O–H groups in total. The molecule has 48 heavy (non-hydrogen) atoms. The van der Waals surface area contributed by atoms with E-state index in [1.807, 2.05) is 25.7 Å². The van der Waals surface area contributed by atoms with E-state index in [0.29, 0.717) is 19.4 Å². The maximum atomic E-state index is 16.3. The van der Waals surface area contributed by atoms with E-state index in [1.54, 1.807) is 6.07 Å². The fourth-order valence-electron chi connectivity index (χ4n) is 6.92. The number of hydrogen-bond donors (Lipinski definition) is 2. The third-order valence-corrected chi connectivity index (χ3v) is 9.50. The molecule has 7 nitrogen and oxygen atoms in total. The number of nitrogens with one attached hydrogen (secondary N) is 1. The molecule has 1 fully saturated rings. The minimum atomic E-state index is -1.79. The average Bonchev–Trinajstić information content (AvgIpc) is 3.28. The first-order valence-electron chi connectivity index (χ1n) is 16.0. The van der Waals surface area contributed by atoms with Crippen molar-refractivity contribution in [1.82, 2.24) is 4.90 Å². The van der Waals surface area contributed by atoms with Gasteiger partial charge in [0, 0.05) is 10.6 Å². The zero-order valence-electron chi connectivity index (χ0n) is 27.7. The van der Waals surface area contributed by atoms with Gasteiger partial charge in [-0.25, -0.2) is 20.1 Å². The van der Waals surface area contributed by atoms with Gasteiger partial charge in [0.05, 0.1) is 40.9 Å². The zero-order valence-corrected chi connectivity index (χ0v) is 29.3. The second-order valence-electron chi connectivity index (χ2n) is 13.4. The SMILES string of the molecule is [C-]#[N+][C@]1(c2ccc(Cl)cc2F)[C@H](CC(C)(C)C)N(CCCCCC)[C@@H](C(=O)Nc2ccc(C(=O)O)cc2OC)[C@@H]1c1cccc(Cl)c1F. The topological polar surface area (TPSA) is 83.2 Å². The monoisotopic (exact) mass is 699 g/mol. The summed E-state index contributed by atoms with van der Waals surface area (Å²) < 4.78 is 37.9. The molecule has 11 heteroatoms. The molecule has 3 aromatic rings. The number of benzene rings is 3. The summed E-state index contributed by atoms with van der Waals surface area (Å²) in [5, 5.41) is 12.3. The number of amides is 1. The quantitative estimate of drug-likeness (QED) is 0.145. The summed E-state index contributed by atoms with van der Waals surface area (Å²) in [5.74, 6) is -4.42. The maximum Gasteiger partial charge on any atom is 0.335 e. The van der Waals surface area contributed by atoms with Gasteiger partial charge in [-0.15, -0.1) is 0 Å². The van der Waals surface area contributed by atoms with Crippen molar-refractivity contribution in [2.75, 3.05) is 19.0 Å². The van der Waals surface area contributed by atoms with Gasteiger partial charge in [-0.2, -0.15) is 0 Å². The highest BCUT2D eigenvalue weighted by atomic mass is 35.5. The molecule has 4 rings (SSSR count). The van der Waals surface area contributed by atoms with Crippen LogP contribution in [0.25, 0.3) is 4.85 Å². The Morgan fingerprint density at radius 2 is 1.81 bits per heavy atom. The highest BCUT2D eigenvalue weighted by Crippen LogP contribution is 2.58. The van der Waals surface area contributed by atoms with E-state index < -0.39 is 52.5 Å². The molecule has 0 spiro atoms. The van der Waals surface area contributed by atoms with E-state index in [4.69, 9.17) is 34.5 Å². The first-order valence-corrected chi connectivity index (χ1v) is 16.7. The van der Waals surface area contributed by atoms with Gasteiger partial charge in [-0.1, -0.05) is 82.3 Å². The zero-order chi connectivity index (χ0) is 35.4. The van der Waals surface area contributed by atoms with Crippen LogP contribution in [0.2, 0.25) is 10.0 Å². The number of carboxylic acids is 1. The van der Waals surface area contributed by atoms with Crippen molar-refractivity contribution in [3.8, 4) is 5.75 Å². The molecule has 1 amide bonds. The van der Waals surface area contributed by atoms with E-state index >= 15 is 8.78 Å². The summed E-state index contributed by atoms with van der Waals surface area (Å²) in [6.45, 7) is 17.3. The fraction of sp³-hybridized carbons (Fsp3) is 0.432. The largest absolute Gasteiger partial charge is 0.495 e. The number of likely N-dealkylation sites (tertiary alicyclic amines) is 1. The van der Waals surface area contributed by atoms with E-state index in [9.17, 15) is 14.7 Å².